The summed E-state index contributed by atoms with van der Waals surface area (Å²) >= 11 is 0. The summed E-state index contributed by atoms with van der Waals surface area (Å²) in [7, 11) is 0. The summed E-state index contributed by atoms with van der Waals surface area (Å²) in [6.07, 6.45) is 1.02. The monoisotopic (exact) mass is 442 g/mol. The van der Waals surface area contributed by atoms with Crippen LogP contribution in [0.15, 0.2) is 54.6 Å². The van der Waals surface area contributed by atoms with E-state index < -0.39 is 30.0 Å². The Morgan fingerprint density at radius 1 is 0.906 bits per heavy atom. The summed E-state index contributed by atoms with van der Waals surface area (Å²) in [6, 6.07) is 13.5. The van der Waals surface area contributed by atoms with Crippen LogP contribution in [-0.2, 0) is 27.4 Å². The Morgan fingerprint density at radius 3 is 2.22 bits per heavy atom. The number of phenolic OH excluding ortho intramolecular Hbond substituents is 1. The average molecular weight is 443 g/mol. The van der Waals surface area contributed by atoms with Crippen molar-refractivity contribution >= 4 is 17.9 Å². The summed E-state index contributed by atoms with van der Waals surface area (Å²) in [4.78, 5) is 37.0. The van der Waals surface area contributed by atoms with E-state index >= 15 is 0 Å². The van der Waals surface area contributed by atoms with Crippen molar-refractivity contribution in [3.63, 3.8) is 0 Å². The van der Waals surface area contributed by atoms with Gasteiger partial charge >= 0.3 is 6.09 Å². The number of hydrogen-bond donors (Lipinski definition) is 5. The number of unbranched alkanes of at least 4 members (excludes halogenated alkanes) is 1. The van der Waals surface area contributed by atoms with Crippen LogP contribution in [0.2, 0.25) is 0 Å². The SMILES string of the molecule is NCCCC[C@H](NC(=O)[C@H](Cc1ccc(O)cc1)NC(=O)OCc1ccccc1)C(N)=O. The molecule has 2 aromatic rings. The lowest BCUT2D eigenvalue weighted by Gasteiger charge is -2.22. The van der Waals surface area contributed by atoms with Gasteiger partial charge in [0.1, 0.15) is 24.4 Å². The number of phenols is 1. The highest BCUT2D eigenvalue weighted by atomic mass is 16.5. The van der Waals surface area contributed by atoms with Crippen LogP contribution in [0.3, 0.4) is 0 Å². The first kappa shape index (κ1) is 24.7. The fourth-order valence-corrected chi connectivity index (χ4v) is 3.03. The van der Waals surface area contributed by atoms with Gasteiger partial charge in [0.25, 0.3) is 0 Å². The zero-order chi connectivity index (χ0) is 23.3. The van der Waals surface area contributed by atoms with Gasteiger partial charge in [-0.2, -0.15) is 0 Å². The van der Waals surface area contributed by atoms with E-state index in [4.69, 9.17) is 16.2 Å². The number of carbonyl (C=O) groups excluding carboxylic acids is 3. The third kappa shape index (κ3) is 8.65. The van der Waals surface area contributed by atoms with Gasteiger partial charge in [-0.15, -0.1) is 0 Å². The predicted molar refractivity (Wildman–Crippen MR) is 119 cm³/mol. The molecule has 0 spiro atoms. The van der Waals surface area contributed by atoms with E-state index in [1.54, 1.807) is 12.1 Å². The van der Waals surface area contributed by atoms with E-state index in [0.717, 1.165) is 5.56 Å². The fraction of sp³-hybridized carbons (Fsp3) is 0.348. The first-order valence-electron chi connectivity index (χ1n) is 10.4. The molecule has 0 saturated heterocycles. The number of rotatable bonds is 12. The zero-order valence-electron chi connectivity index (χ0n) is 17.8. The number of aromatic hydroxyl groups is 1. The molecule has 0 radical (unpaired) electrons. The molecule has 0 aliphatic heterocycles. The van der Waals surface area contributed by atoms with E-state index in [-0.39, 0.29) is 18.8 Å². The van der Waals surface area contributed by atoms with E-state index in [1.807, 2.05) is 30.3 Å². The number of primary amides is 1. The molecule has 2 aromatic carbocycles. The standard InChI is InChI=1S/C23H30N4O5/c24-13-5-4-8-19(21(25)29)26-22(30)20(14-16-9-11-18(28)12-10-16)27-23(31)32-15-17-6-2-1-3-7-17/h1-3,6-7,9-12,19-20,28H,4-5,8,13-15,24H2,(H2,25,29)(H,26,30)(H,27,31)/t19-,20-/m0/s1. The maximum Gasteiger partial charge on any atom is 0.408 e. The van der Waals surface area contributed by atoms with Crippen molar-refractivity contribution in [1.82, 2.24) is 10.6 Å². The van der Waals surface area contributed by atoms with Gasteiger partial charge in [0.2, 0.25) is 11.8 Å². The summed E-state index contributed by atoms with van der Waals surface area (Å²) in [6.45, 7) is 0.515. The number of nitrogens with two attached hydrogens (primary N) is 2. The van der Waals surface area contributed by atoms with Gasteiger partial charge in [-0.3, -0.25) is 9.59 Å². The van der Waals surface area contributed by atoms with Gasteiger partial charge in [0.05, 0.1) is 0 Å². The Morgan fingerprint density at radius 2 is 1.59 bits per heavy atom. The molecule has 0 aromatic heterocycles. The minimum atomic E-state index is -1.01. The largest absolute Gasteiger partial charge is 0.508 e. The molecule has 2 rings (SSSR count). The van der Waals surface area contributed by atoms with Gasteiger partial charge in [-0.1, -0.05) is 42.5 Å². The van der Waals surface area contributed by atoms with Gasteiger partial charge < -0.3 is 31.9 Å². The highest BCUT2D eigenvalue weighted by Gasteiger charge is 2.26. The zero-order valence-corrected chi connectivity index (χ0v) is 17.8. The van der Waals surface area contributed by atoms with Crippen molar-refractivity contribution in [3.05, 3.63) is 65.7 Å². The fourth-order valence-electron chi connectivity index (χ4n) is 3.03. The van der Waals surface area contributed by atoms with Crippen molar-refractivity contribution in [2.75, 3.05) is 6.54 Å². The summed E-state index contributed by atoms with van der Waals surface area (Å²) < 4.78 is 5.22. The predicted octanol–water partition coefficient (Wildman–Crippen LogP) is 1.33. The van der Waals surface area contributed by atoms with Gasteiger partial charge in [0, 0.05) is 6.42 Å². The number of amides is 3. The number of carbonyl (C=O) groups is 3. The lowest BCUT2D eigenvalue weighted by molar-refractivity contribution is -0.128. The van der Waals surface area contributed by atoms with E-state index in [0.29, 0.717) is 31.4 Å². The Bertz CT molecular complexity index is 874. The number of nitrogens with one attached hydrogen (secondary N) is 2. The second-order valence-corrected chi connectivity index (χ2v) is 7.38. The van der Waals surface area contributed by atoms with Crippen molar-refractivity contribution in [3.8, 4) is 5.75 Å². The van der Waals surface area contributed by atoms with Crippen LogP contribution in [0.25, 0.3) is 0 Å². The van der Waals surface area contributed by atoms with Crippen molar-refractivity contribution in [2.45, 2.75) is 44.4 Å². The van der Waals surface area contributed by atoms with Crippen LogP contribution in [0.4, 0.5) is 4.79 Å². The topological polar surface area (TPSA) is 157 Å². The highest BCUT2D eigenvalue weighted by molar-refractivity contribution is 5.90. The minimum Gasteiger partial charge on any atom is -0.508 e. The second-order valence-electron chi connectivity index (χ2n) is 7.38. The van der Waals surface area contributed by atoms with Crippen LogP contribution >= 0.6 is 0 Å². The molecule has 0 unspecified atom stereocenters. The van der Waals surface area contributed by atoms with Crippen LogP contribution in [0.1, 0.15) is 30.4 Å². The van der Waals surface area contributed by atoms with Gasteiger partial charge in [-0.25, -0.2) is 4.79 Å². The molecule has 9 nitrogen and oxygen atoms in total. The first-order chi connectivity index (χ1) is 15.4. The molecule has 0 saturated carbocycles. The van der Waals surface area contributed by atoms with Crippen LogP contribution in [-0.4, -0.2) is 41.6 Å². The van der Waals surface area contributed by atoms with E-state index in [1.165, 1.54) is 12.1 Å². The average Bonchev–Trinajstić information content (AvgIpc) is 2.78. The van der Waals surface area contributed by atoms with Gasteiger partial charge in [0.15, 0.2) is 0 Å². The van der Waals surface area contributed by atoms with Crippen molar-refractivity contribution < 1.29 is 24.2 Å². The van der Waals surface area contributed by atoms with Gasteiger partial charge in [-0.05, 0) is 49.1 Å². The van der Waals surface area contributed by atoms with Crippen LogP contribution in [0.5, 0.6) is 5.75 Å². The van der Waals surface area contributed by atoms with Crippen LogP contribution in [0, 0.1) is 0 Å². The molecule has 0 aliphatic carbocycles. The molecule has 0 fully saturated rings. The van der Waals surface area contributed by atoms with E-state index in [2.05, 4.69) is 10.6 Å². The molecule has 172 valence electrons. The maximum absolute atomic E-state index is 12.9. The van der Waals surface area contributed by atoms with Crippen molar-refractivity contribution in [2.24, 2.45) is 11.5 Å². The molecule has 2 atom stereocenters. The Kier molecular flexibility index (Phi) is 9.99. The summed E-state index contributed by atoms with van der Waals surface area (Å²) in [5, 5.41) is 14.6. The van der Waals surface area contributed by atoms with Crippen LogP contribution < -0.4 is 22.1 Å². The third-order valence-corrected chi connectivity index (χ3v) is 4.80. The molecule has 32 heavy (non-hydrogen) atoms. The molecule has 9 heteroatoms. The number of alkyl carbamates (subject to hydrolysis) is 1. The molecule has 7 N–H and O–H groups in total. The smallest absolute Gasteiger partial charge is 0.408 e. The Balaban J connectivity index is 2.06. The highest BCUT2D eigenvalue weighted by Crippen LogP contribution is 2.12. The lowest BCUT2D eigenvalue weighted by atomic mass is 10.0. The number of ether oxygens (including phenoxy) is 1. The molecule has 3 amide bonds. The molecule has 0 aliphatic rings. The third-order valence-electron chi connectivity index (χ3n) is 4.80. The minimum absolute atomic E-state index is 0.0449. The summed E-state index contributed by atoms with van der Waals surface area (Å²) in [5.41, 5.74) is 12.4. The Labute approximate surface area is 187 Å². The second kappa shape index (κ2) is 13.0. The molecule has 0 heterocycles. The first-order valence-corrected chi connectivity index (χ1v) is 10.4. The van der Waals surface area contributed by atoms with Crippen molar-refractivity contribution in [1.29, 1.82) is 0 Å². The number of hydrogen-bond acceptors (Lipinski definition) is 6. The number of benzene rings is 2. The molecular formula is C23H30N4O5. The summed E-state index contributed by atoms with van der Waals surface area (Å²) in [5.74, 6) is -1.14. The van der Waals surface area contributed by atoms with E-state index in [9.17, 15) is 19.5 Å². The Hall–Kier alpha value is -3.59. The maximum atomic E-state index is 12.9. The normalized spacial score (nSPS) is 12.4. The lowest BCUT2D eigenvalue weighted by Crippen LogP contribution is -2.53. The molecule has 0 bridgehead atoms. The molecular weight excluding hydrogens is 412 g/mol. The quantitative estimate of drug-likeness (QED) is 0.312.